The monoisotopic (exact) mass is 382 g/mol. The molecule has 0 unspecified atom stereocenters. The van der Waals surface area contributed by atoms with Crippen molar-refractivity contribution in [1.82, 2.24) is 0 Å². The van der Waals surface area contributed by atoms with Crippen LogP contribution in [0.15, 0.2) is 48.5 Å². The molecule has 0 aromatic heterocycles. The average molecular weight is 383 g/mol. The molecule has 4 nitrogen and oxygen atoms in total. The molecule has 0 spiro atoms. The molecule has 0 saturated heterocycles. The number of benzene rings is 2. The van der Waals surface area contributed by atoms with E-state index in [0.29, 0.717) is 31.1 Å². The van der Waals surface area contributed by atoms with Crippen molar-refractivity contribution < 1.29 is 19.0 Å². The molecule has 2 aromatic rings. The van der Waals surface area contributed by atoms with E-state index in [0.717, 1.165) is 36.3 Å². The molecule has 0 aliphatic carbocycles. The van der Waals surface area contributed by atoms with Crippen molar-refractivity contribution in [2.75, 3.05) is 19.8 Å². The zero-order valence-corrected chi connectivity index (χ0v) is 17.1. The van der Waals surface area contributed by atoms with E-state index >= 15 is 0 Å². The van der Waals surface area contributed by atoms with Crippen LogP contribution in [0.25, 0.3) is 6.08 Å². The third kappa shape index (κ3) is 6.76. The molecule has 150 valence electrons. The van der Waals surface area contributed by atoms with Crippen molar-refractivity contribution in [3.05, 3.63) is 59.7 Å². The van der Waals surface area contributed by atoms with Gasteiger partial charge in [-0.15, -0.1) is 0 Å². The Morgan fingerprint density at radius 3 is 2.04 bits per heavy atom. The van der Waals surface area contributed by atoms with E-state index in [1.807, 2.05) is 30.3 Å². The van der Waals surface area contributed by atoms with Crippen LogP contribution < -0.4 is 14.2 Å². The molecular weight excluding hydrogens is 352 g/mol. The zero-order chi connectivity index (χ0) is 20.2. The van der Waals surface area contributed by atoms with Crippen molar-refractivity contribution >= 4 is 11.9 Å². The first-order valence-electron chi connectivity index (χ1n) is 10.0. The van der Waals surface area contributed by atoms with Gasteiger partial charge in [0.05, 0.1) is 19.8 Å². The van der Waals surface area contributed by atoms with E-state index < -0.39 is 0 Å². The van der Waals surface area contributed by atoms with Gasteiger partial charge in [-0.25, -0.2) is 0 Å². The fourth-order valence-corrected chi connectivity index (χ4v) is 2.49. The van der Waals surface area contributed by atoms with E-state index in [2.05, 4.69) is 20.8 Å². The third-order valence-electron chi connectivity index (χ3n) is 3.93. The first-order valence-corrected chi connectivity index (χ1v) is 10.0. The van der Waals surface area contributed by atoms with Gasteiger partial charge in [0.25, 0.3) is 0 Å². The summed E-state index contributed by atoms with van der Waals surface area (Å²) in [5.41, 5.74) is 1.52. The fraction of sp³-hybridized carbons (Fsp3) is 0.375. The maximum Gasteiger partial charge on any atom is 0.185 e. The van der Waals surface area contributed by atoms with Gasteiger partial charge >= 0.3 is 0 Å². The van der Waals surface area contributed by atoms with Crippen LogP contribution in [0.3, 0.4) is 0 Å². The van der Waals surface area contributed by atoms with Gasteiger partial charge in [-0.05, 0) is 67.3 Å². The predicted molar refractivity (Wildman–Crippen MR) is 114 cm³/mol. The van der Waals surface area contributed by atoms with Crippen LogP contribution in [-0.2, 0) is 0 Å². The Labute approximate surface area is 168 Å². The Kier molecular flexibility index (Phi) is 9.13. The van der Waals surface area contributed by atoms with Gasteiger partial charge in [0.15, 0.2) is 17.3 Å². The average Bonchev–Trinajstić information content (AvgIpc) is 2.74. The molecule has 0 saturated carbocycles. The second-order valence-corrected chi connectivity index (χ2v) is 6.47. The summed E-state index contributed by atoms with van der Waals surface area (Å²) in [5.74, 6) is 2.18. The summed E-state index contributed by atoms with van der Waals surface area (Å²) in [6.45, 7) is 8.14. The first kappa shape index (κ1) is 21.5. The molecule has 28 heavy (non-hydrogen) atoms. The van der Waals surface area contributed by atoms with Gasteiger partial charge in [0.2, 0.25) is 0 Å². The summed E-state index contributed by atoms with van der Waals surface area (Å²) in [5, 5.41) is 0. The summed E-state index contributed by atoms with van der Waals surface area (Å²) in [6, 6.07) is 13.0. The molecule has 0 amide bonds. The first-order chi connectivity index (χ1) is 13.7. The highest BCUT2D eigenvalue weighted by atomic mass is 16.5. The molecule has 2 aromatic carbocycles. The molecular formula is C24H30O4. The van der Waals surface area contributed by atoms with Crippen molar-refractivity contribution in [2.45, 2.75) is 40.0 Å². The second kappa shape index (κ2) is 11.9. The van der Waals surface area contributed by atoms with Gasteiger partial charge in [0, 0.05) is 5.56 Å². The molecule has 0 aliphatic heterocycles. The van der Waals surface area contributed by atoms with Gasteiger partial charge in [-0.1, -0.05) is 32.9 Å². The number of rotatable bonds is 12. The number of ether oxygens (including phenoxy) is 3. The SMILES string of the molecule is CCCOc1ccc(C(=O)C=Cc2ccc(OCCC)c(OCCC)c2)cc1. The number of carbonyl (C=O) groups excluding carboxylic acids is 1. The highest BCUT2D eigenvalue weighted by Crippen LogP contribution is 2.29. The summed E-state index contributed by atoms with van der Waals surface area (Å²) >= 11 is 0. The van der Waals surface area contributed by atoms with Crippen LogP contribution >= 0.6 is 0 Å². The Balaban J connectivity index is 2.07. The Morgan fingerprint density at radius 2 is 1.39 bits per heavy atom. The van der Waals surface area contributed by atoms with Gasteiger partial charge in [-0.2, -0.15) is 0 Å². The summed E-state index contributed by atoms with van der Waals surface area (Å²) < 4.78 is 17.1. The lowest BCUT2D eigenvalue weighted by Gasteiger charge is -2.12. The van der Waals surface area contributed by atoms with Crippen molar-refractivity contribution in [2.24, 2.45) is 0 Å². The zero-order valence-electron chi connectivity index (χ0n) is 17.1. The maximum absolute atomic E-state index is 12.4. The molecule has 0 atom stereocenters. The van der Waals surface area contributed by atoms with E-state index in [4.69, 9.17) is 14.2 Å². The number of hydrogen-bond acceptors (Lipinski definition) is 4. The summed E-state index contributed by atoms with van der Waals surface area (Å²) in [6.07, 6.45) is 6.19. The van der Waals surface area contributed by atoms with Gasteiger partial charge in [-0.3, -0.25) is 4.79 Å². The van der Waals surface area contributed by atoms with Crippen LogP contribution in [0.2, 0.25) is 0 Å². The van der Waals surface area contributed by atoms with Gasteiger partial charge < -0.3 is 14.2 Å². The van der Waals surface area contributed by atoms with Crippen LogP contribution in [-0.4, -0.2) is 25.6 Å². The van der Waals surface area contributed by atoms with Crippen molar-refractivity contribution in [3.63, 3.8) is 0 Å². The van der Waals surface area contributed by atoms with Gasteiger partial charge in [0.1, 0.15) is 5.75 Å². The van der Waals surface area contributed by atoms with Crippen LogP contribution in [0.4, 0.5) is 0 Å². The quantitative estimate of drug-likeness (QED) is 0.336. The lowest BCUT2D eigenvalue weighted by molar-refractivity contribution is 0.104. The highest BCUT2D eigenvalue weighted by Gasteiger charge is 2.07. The normalized spacial score (nSPS) is 10.8. The number of ketones is 1. The Morgan fingerprint density at radius 1 is 0.786 bits per heavy atom. The molecule has 0 radical (unpaired) electrons. The smallest absolute Gasteiger partial charge is 0.185 e. The minimum Gasteiger partial charge on any atom is -0.494 e. The lowest BCUT2D eigenvalue weighted by Crippen LogP contribution is -2.01. The topological polar surface area (TPSA) is 44.8 Å². The minimum absolute atomic E-state index is 0.0515. The predicted octanol–water partition coefficient (Wildman–Crippen LogP) is 5.95. The van der Waals surface area contributed by atoms with Crippen molar-refractivity contribution in [3.8, 4) is 17.2 Å². The summed E-state index contributed by atoms with van der Waals surface area (Å²) in [4.78, 5) is 12.4. The van der Waals surface area contributed by atoms with E-state index in [9.17, 15) is 4.79 Å². The number of allylic oxidation sites excluding steroid dienone is 1. The fourth-order valence-electron chi connectivity index (χ4n) is 2.49. The molecule has 0 heterocycles. The van der Waals surface area contributed by atoms with Crippen LogP contribution in [0.1, 0.15) is 56.0 Å². The Hall–Kier alpha value is -2.75. The van der Waals surface area contributed by atoms with Crippen LogP contribution in [0, 0.1) is 0 Å². The standard InChI is InChI=1S/C24H30O4/c1-4-15-26-21-11-9-20(10-12-21)22(25)13-7-19-8-14-23(27-16-5-2)24(18-19)28-17-6-3/h7-14,18H,4-6,15-17H2,1-3H3. The lowest BCUT2D eigenvalue weighted by atomic mass is 10.1. The third-order valence-corrected chi connectivity index (χ3v) is 3.93. The highest BCUT2D eigenvalue weighted by molar-refractivity contribution is 6.06. The number of carbonyl (C=O) groups is 1. The molecule has 0 fully saturated rings. The summed E-state index contributed by atoms with van der Waals surface area (Å²) in [7, 11) is 0. The Bertz CT molecular complexity index is 763. The minimum atomic E-state index is -0.0515. The molecule has 0 N–H and O–H groups in total. The largest absolute Gasteiger partial charge is 0.494 e. The number of hydrogen-bond donors (Lipinski definition) is 0. The molecule has 4 heteroatoms. The second-order valence-electron chi connectivity index (χ2n) is 6.47. The van der Waals surface area contributed by atoms with E-state index in [1.165, 1.54) is 0 Å². The van der Waals surface area contributed by atoms with Crippen LogP contribution in [0.5, 0.6) is 17.2 Å². The van der Waals surface area contributed by atoms with E-state index in [-0.39, 0.29) is 5.78 Å². The van der Waals surface area contributed by atoms with E-state index in [1.54, 1.807) is 24.3 Å². The molecule has 0 bridgehead atoms. The maximum atomic E-state index is 12.4. The molecule has 2 rings (SSSR count). The van der Waals surface area contributed by atoms with Crippen molar-refractivity contribution in [1.29, 1.82) is 0 Å². The molecule has 0 aliphatic rings.